The summed E-state index contributed by atoms with van der Waals surface area (Å²) >= 11 is 0. The fourth-order valence-corrected chi connectivity index (χ4v) is 3.07. The van der Waals surface area contributed by atoms with Crippen molar-refractivity contribution >= 4 is 21.6 Å². The largest absolute Gasteiger partial charge is 0.349 e. The predicted molar refractivity (Wildman–Crippen MR) is 79.2 cm³/mol. The Bertz CT molecular complexity index is 581. The lowest BCUT2D eigenvalue weighted by molar-refractivity contribution is 0.0937. The van der Waals surface area contributed by atoms with Crippen molar-refractivity contribution in [2.24, 2.45) is 5.92 Å². The molecule has 0 bridgehead atoms. The zero-order valence-corrected chi connectivity index (χ0v) is 12.5. The number of carbonyl (C=O) groups excluding carboxylic acids is 1. The normalized spacial score (nSPS) is 22.5. The smallest absolute Gasteiger partial charge is 0.251 e. The molecule has 2 unspecified atom stereocenters. The number of anilines is 1. The standard InChI is InChI=1S/C14H20N2O3S/c1-10-3-6-13(9-10)15-14(17)11-4-7-12(8-5-11)16-20(2,18)19/h4-5,7-8,10,13,16H,3,6,9H2,1-2H3,(H,15,17). The zero-order valence-electron chi connectivity index (χ0n) is 11.7. The van der Waals surface area contributed by atoms with E-state index in [1.807, 2.05) is 0 Å². The van der Waals surface area contributed by atoms with Gasteiger partial charge in [-0.05, 0) is 49.4 Å². The molecule has 1 fully saturated rings. The summed E-state index contributed by atoms with van der Waals surface area (Å²) in [5, 5.41) is 3.02. The summed E-state index contributed by atoms with van der Waals surface area (Å²) in [6.07, 6.45) is 4.30. The van der Waals surface area contributed by atoms with Crippen molar-refractivity contribution < 1.29 is 13.2 Å². The van der Waals surface area contributed by atoms with Gasteiger partial charge >= 0.3 is 0 Å². The maximum atomic E-state index is 12.1. The van der Waals surface area contributed by atoms with Crippen LogP contribution in [0.3, 0.4) is 0 Å². The molecule has 1 aliphatic rings. The Morgan fingerprint density at radius 2 is 1.85 bits per heavy atom. The quantitative estimate of drug-likeness (QED) is 0.892. The van der Waals surface area contributed by atoms with Gasteiger partial charge in [-0.3, -0.25) is 9.52 Å². The Morgan fingerprint density at radius 3 is 2.35 bits per heavy atom. The SMILES string of the molecule is CC1CCC(NC(=O)c2ccc(NS(C)(=O)=O)cc2)C1. The van der Waals surface area contributed by atoms with Crippen molar-refractivity contribution in [3.63, 3.8) is 0 Å². The summed E-state index contributed by atoms with van der Waals surface area (Å²) in [6, 6.07) is 6.69. The minimum atomic E-state index is -3.29. The summed E-state index contributed by atoms with van der Waals surface area (Å²) in [5.41, 5.74) is 1.00. The van der Waals surface area contributed by atoms with E-state index in [1.54, 1.807) is 24.3 Å². The molecule has 1 saturated carbocycles. The van der Waals surface area contributed by atoms with Crippen LogP contribution in [0.15, 0.2) is 24.3 Å². The number of benzene rings is 1. The van der Waals surface area contributed by atoms with Crippen molar-refractivity contribution in [1.29, 1.82) is 0 Å². The number of hydrogen-bond donors (Lipinski definition) is 2. The molecule has 1 aromatic rings. The predicted octanol–water partition coefficient (Wildman–Crippen LogP) is 1.98. The molecule has 0 saturated heterocycles. The third-order valence-corrected chi connectivity index (χ3v) is 4.09. The third-order valence-electron chi connectivity index (χ3n) is 3.48. The summed E-state index contributed by atoms with van der Waals surface area (Å²) in [4.78, 5) is 12.1. The van der Waals surface area contributed by atoms with E-state index in [0.29, 0.717) is 17.2 Å². The van der Waals surface area contributed by atoms with E-state index in [4.69, 9.17) is 0 Å². The number of rotatable bonds is 4. The van der Waals surface area contributed by atoms with E-state index in [2.05, 4.69) is 17.0 Å². The van der Waals surface area contributed by atoms with Gasteiger partial charge in [-0.2, -0.15) is 0 Å². The number of hydrogen-bond acceptors (Lipinski definition) is 3. The molecule has 0 aliphatic heterocycles. The van der Waals surface area contributed by atoms with E-state index in [-0.39, 0.29) is 11.9 Å². The van der Waals surface area contributed by atoms with Crippen LogP contribution in [0, 0.1) is 5.92 Å². The minimum absolute atomic E-state index is 0.102. The molecule has 20 heavy (non-hydrogen) atoms. The molecule has 5 nitrogen and oxygen atoms in total. The van der Waals surface area contributed by atoms with Gasteiger partial charge in [-0.1, -0.05) is 6.92 Å². The Balaban J connectivity index is 1.97. The first-order valence-electron chi connectivity index (χ1n) is 6.72. The van der Waals surface area contributed by atoms with Gasteiger partial charge in [0.05, 0.1) is 6.26 Å². The van der Waals surface area contributed by atoms with Crippen LogP contribution in [0.5, 0.6) is 0 Å². The molecule has 0 heterocycles. The van der Waals surface area contributed by atoms with Crippen molar-refractivity contribution in [2.75, 3.05) is 11.0 Å². The lowest BCUT2D eigenvalue weighted by Gasteiger charge is -2.12. The van der Waals surface area contributed by atoms with Crippen molar-refractivity contribution in [1.82, 2.24) is 5.32 Å². The Hall–Kier alpha value is -1.56. The molecule has 1 aromatic carbocycles. The summed E-state index contributed by atoms with van der Waals surface area (Å²) in [7, 11) is -3.29. The third kappa shape index (κ3) is 4.23. The molecular weight excluding hydrogens is 276 g/mol. The van der Waals surface area contributed by atoms with Gasteiger partial charge in [0.1, 0.15) is 0 Å². The van der Waals surface area contributed by atoms with Crippen LogP contribution in [0.25, 0.3) is 0 Å². The summed E-state index contributed by atoms with van der Waals surface area (Å²) in [6.45, 7) is 2.19. The van der Waals surface area contributed by atoms with E-state index in [9.17, 15) is 13.2 Å². The summed E-state index contributed by atoms with van der Waals surface area (Å²) < 4.78 is 24.5. The average Bonchev–Trinajstić information content (AvgIpc) is 2.73. The van der Waals surface area contributed by atoms with Gasteiger partial charge in [0, 0.05) is 17.3 Å². The first-order valence-corrected chi connectivity index (χ1v) is 8.61. The van der Waals surface area contributed by atoms with E-state index >= 15 is 0 Å². The Morgan fingerprint density at radius 1 is 1.20 bits per heavy atom. The second kappa shape index (κ2) is 5.83. The molecular formula is C14H20N2O3S. The first kappa shape index (κ1) is 14.8. The minimum Gasteiger partial charge on any atom is -0.349 e. The highest BCUT2D eigenvalue weighted by Crippen LogP contribution is 2.24. The average molecular weight is 296 g/mol. The molecule has 2 atom stereocenters. The lowest BCUT2D eigenvalue weighted by Crippen LogP contribution is -2.32. The highest BCUT2D eigenvalue weighted by molar-refractivity contribution is 7.92. The van der Waals surface area contributed by atoms with Gasteiger partial charge in [0.2, 0.25) is 10.0 Å². The molecule has 2 N–H and O–H groups in total. The van der Waals surface area contributed by atoms with E-state index < -0.39 is 10.0 Å². The van der Waals surface area contributed by atoms with E-state index in [0.717, 1.165) is 25.5 Å². The van der Waals surface area contributed by atoms with Crippen molar-refractivity contribution in [3.8, 4) is 0 Å². The van der Waals surface area contributed by atoms with Crippen LogP contribution < -0.4 is 10.0 Å². The van der Waals surface area contributed by atoms with Gasteiger partial charge in [0.15, 0.2) is 0 Å². The first-order chi connectivity index (χ1) is 9.33. The summed E-state index contributed by atoms with van der Waals surface area (Å²) in [5.74, 6) is 0.566. The molecule has 110 valence electrons. The number of sulfonamides is 1. The van der Waals surface area contributed by atoms with Crippen LogP contribution in [-0.2, 0) is 10.0 Å². The molecule has 0 aromatic heterocycles. The molecule has 0 spiro atoms. The van der Waals surface area contributed by atoms with Gasteiger partial charge in [-0.25, -0.2) is 8.42 Å². The number of carbonyl (C=O) groups is 1. The molecule has 0 radical (unpaired) electrons. The molecule has 2 rings (SSSR count). The van der Waals surface area contributed by atoms with Crippen molar-refractivity contribution in [3.05, 3.63) is 29.8 Å². The fourth-order valence-electron chi connectivity index (χ4n) is 2.51. The topological polar surface area (TPSA) is 75.3 Å². The van der Waals surface area contributed by atoms with Crippen LogP contribution in [0.1, 0.15) is 36.5 Å². The molecule has 1 amide bonds. The van der Waals surface area contributed by atoms with Gasteiger partial charge in [-0.15, -0.1) is 0 Å². The second-order valence-electron chi connectivity index (χ2n) is 5.54. The maximum absolute atomic E-state index is 12.1. The molecule has 6 heteroatoms. The highest BCUT2D eigenvalue weighted by atomic mass is 32.2. The van der Waals surface area contributed by atoms with Gasteiger partial charge in [0.25, 0.3) is 5.91 Å². The number of amides is 1. The monoisotopic (exact) mass is 296 g/mol. The fraction of sp³-hybridized carbons (Fsp3) is 0.500. The van der Waals surface area contributed by atoms with E-state index in [1.165, 1.54) is 0 Å². The van der Waals surface area contributed by atoms with Crippen LogP contribution in [0.4, 0.5) is 5.69 Å². The van der Waals surface area contributed by atoms with Crippen LogP contribution >= 0.6 is 0 Å². The highest BCUT2D eigenvalue weighted by Gasteiger charge is 2.23. The Labute approximate surface area is 119 Å². The molecule has 1 aliphatic carbocycles. The maximum Gasteiger partial charge on any atom is 0.251 e. The lowest BCUT2D eigenvalue weighted by atomic mass is 10.1. The van der Waals surface area contributed by atoms with Crippen LogP contribution in [-0.4, -0.2) is 26.6 Å². The van der Waals surface area contributed by atoms with Crippen LogP contribution in [0.2, 0.25) is 0 Å². The van der Waals surface area contributed by atoms with Gasteiger partial charge < -0.3 is 5.32 Å². The number of nitrogens with one attached hydrogen (secondary N) is 2. The second-order valence-corrected chi connectivity index (χ2v) is 7.29. The zero-order chi connectivity index (χ0) is 14.8. The Kier molecular flexibility index (Phi) is 4.32. The van der Waals surface area contributed by atoms with Crippen molar-refractivity contribution in [2.45, 2.75) is 32.2 Å².